The molecule has 2 aromatic rings. The minimum Gasteiger partial charge on any atom is -0.435 e. The molecule has 0 radical (unpaired) electrons. The molecule has 6 nitrogen and oxygen atoms in total. The van der Waals surface area contributed by atoms with E-state index in [1.807, 2.05) is 13.0 Å². The molecule has 0 aliphatic heterocycles. The number of benzene rings is 1. The maximum atomic E-state index is 8.72. The van der Waals surface area contributed by atoms with Gasteiger partial charge in [0, 0.05) is 6.54 Å². The highest BCUT2D eigenvalue weighted by Gasteiger charge is 2.07. The van der Waals surface area contributed by atoms with Gasteiger partial charge in [-0.1, -0.05) is 5.21 Å². The van der Waals surface area contributed by atoms with Gasteiger partial charge < -0.3 is 10.5 Å². The summed E-state index contributed by atoms with van der Waals surface area (Å²) in [5.74, 6) is 1.00. The Bertz CT molecular complexity index is 569. The summed E-state index contributed by atoms with van der Waals surface area (Å²) in [6.07, 6.45) is 1.52. The van der Waals surface area contributed by atoms with E-state index < -0.39 is 0 Å². The predicted octanol–water partition coefficient (Wildman–Crippen LogP) is 1.54. The zero-order valence-electron chi connectivity index (χ0n) is 9.29. The van der Waals surface area contributed by atoms with Gasteiger partial charge in [-0.25, -0.2) is 4.68 Å². The molecule has 1 aromatic heterocycles. The number of rotatable bonds is 3. The number of nitrogens with zero attached hydrogens (tertiary/aromatic N) is 4. The highest BCUT2D eigenvalue weighted by atomic mass is 16.5. The molecule has 6 heteroatoms. The third kappa shape index (κ3) is 2.18. The number of hydrogen-bond acceptors (Lipinski definition) is 5. The second-order valence-corrected chi connectivity index (χ2v) is 3.35. The van der Waals surface area contributed by atoms with Crippen LogP contribution in [0, 0.1) is 11.3 Å². The smallest absolute Gasteiger partial charge is 0.238 e. The molecular weight excluding hydrogens is 218 g/mol. The van der Waals surface area contributed by atoms with Gasteiger partial charge in [0.15, 0.2) is 5.75 Å². The summed E-state index contributed by atoms with van der Waals surface area (Å²) in [4.78, 5) is 0. The molecule has 0 spiro atoms. The van der Waals surface area contributed by atoms with Crippen LogP contribution < -0.4 is 10.5 Å². The molecule has 0 saturated carbocycles. The molecule has 2 N–H and O–H groups in total. The summed E-state index contributed by atoms with van der Waals surface area (Å²) in [5, 5.41) is 16.3. The molecule has 2 rings (SSSR count). The maximum Gasteiger partial charge on any atom is 0.238 e. The van der Waals surface area contributed by atoms with E-state index in [9.17, 15) is 0 Å². The van der Waals surface area contributed by atoms with E-state index in [1.54, 1.807) is 22.9 Å². The Morgan fingerprint density at radius 3 is 3.00 bits per heavy atom. The average Bonchev–Trinajstić information content (AvgIpc) is 2.79. The number of nitrogens with two attached hydrogens (primary N) is 1. The van der Waals surface area contributed by atoms with Gasteiger partial charge in [0.05, 0.1) is 17.3 Å². The van der Waals surface area contributed by atoms with Crippen LogP contribution in [-0.2, 0) is 6.54 Å². The minimum atomic E-state index is 0.410. The first-order valence-electron chi connectivity index (χ1n) is 5.10. The van der Waals surface area contributed by atoms with E-state index in [0.29, 0.717) is 29.4 Å². The molecule has 1 heterocycles. The van der Waals surface area contributed by atoms with Crippen molar-refractivity contribution in [3.8, 4) is 17.7 Å². The molecule has 0 fully saturated rings. The van der Waals surface area contributed by atoms with Crippen molar-refractivity contribution in [2.45, 2.75) is 13.5 Å². The SMILES string of the molecule is CCn1nncc1Oc1ccc(C#N)cc1N. The Kier molecular flexibility index (Phi) is 2.92. The van der Waals surface area contributed by atoms with E-state index in [0.717, 1.165) is 0 Å². The van der Waals surface area contributed by atoms with E-state index in [1.165, 1.54) is 6.20 Å². The Hall–Kier alpha value is -2.55. The maximum absolute atomic E-state index is 8.72. The average molecular weight is 229 g/mol. The number of anilines is 1. The van der Waals surface area contributed by atoms with E-state index in [4.69, 9.17) is 15.7 Å². The fourth-order valence-corrected chi connectivity index (χ4v) is 1.37. The minimum absolute atomic E-state index is 0.410. The van der Waals surface area contributed by atoms with Crippen LogP contribution in [0.5, 0.6) is 11.6 Å². The second-order valence-electron chi connectivity index (χ2n) is 3.35. The molecule has 0 atom stereocenters. The summed E-state index contributed by atoms with van der Waals surface area (Å²) < 4.78 is 7.18. The molecule has 0 unspecified atom stereocenters. The summed E-state index contributed by atoms with van der Waals surface area (Å²) in [7, 11) is 0. The molecule has 1 aromatic carbocycles. The summed E-state index contributed by atoms with van der Waals surface area (Å²) in [6.45, 7) is 2.59. The Morgan fingerprint density at radius 1 is 1.53 bits per heavy atom. The van der Waals surface area contributed by atoms with Gasteiger partial charge in [0.1, 0.15) is 6.20 Å². The summed E-state index contributed by atoms with van der Waals surface area (Å²) >= 11 is 0. The van der Waals surface area contributed by atoms with Crippen LogP contribution in [0.4, 0.5) is 5.69 Å². The van der Waals surface area contributed by atoms with Crippen LogP contribution in [0.3, 0.4) is 0 Å². The van der Waals surface area contributed by atoms with Gasteiger partial charge in [0.2, 0.25) is 5.88 Å². The van der Waals surface area contributed by atoms with Crippen LogP contribution in [0.1, 0.15) is 12.5 Å². The lowest BCUT2D eigenvalue weighted by Crippen LogP contribution is -2.01. The number of hydrogen-bond donors (Lipinski definition) is 1. The van der Waals surface area contributed by atoms with Crippen molar-refractivity contribution in [3.63, 3.8) is 0 Å². The van der Waals surface area contributed by atoms with E-state index in [-0.39, 0.29) is 0 Å². The zero-order valence-corrected chi connectivity index (χ0v) is 9.29. The quantitative estimate of drug-likeness (QED) is 0.806. The monoisotopic (exact) mass is 229 g/mol. The first kappa shape index (κ1) is 11.0. The van der Waals surface area contributed by atoms with Crippen molar-refractivity contribution in [1.82, 2.24) is 15.0 Å². The number of nitriles is 1. The lowest BCUT2D eigenvalue weighted by molar-refractivity contribution is 0.417. The molecule has 0 bridgehead atoms. The number of aromatic nitrogens is 3. The summed E-state index contributed by atoms with van der Waals surface area (Å²) in [5.41, 5.74) is 6.69. The topological polar surface area (TPSA) is 89.8 Å². The second kappa shape index (κ2) is 4.53. The van der Waals surface area contributed by atoms with Crippen molar-refractivity contribution in [1.29, 1.82) is 5.26 Å². The highest BCUT2D eigenvalue weighted by Crippen LogP contribution is 2.27. The van der Waals surface area contributed by atoms with Gasteiger partial charge in [-0.15, -0.1) is 5.10 Å². The van der Waals surface area contributed by atoms with Crippen molar-refractivity contribution >= 4 is 5.69 Å². The zero-order chi connectivity index (χ0) is 12.3. The molecule has 17 heavy (non-hydrogen) atoms. The van der Waals surface area contributed by atoms with Crippen LogP contribution >= 0.6 is 0 Å². The largest absolute Gasteiger partial charge is 0.435 e. The van der Waals surface area contributed by atoms with Crippen LogP contribution in [0.2, 0.25) is 0 Å². The molecule has 0 aliphatic rings. The fraction of sp³-hybridized carbons (Fsp3) is 0.182. The van der Waals surface area contributed by atoms with Crippen molar-refractivity contribution < 1.29 is 4.74 Å². The molecule has 0 aliphatic carbocycles. The van der Waals surface area contributed by atoms with E-state index in [2.05, 4.69) is 10.3 Å². The lowest BCUT2D eigenvalue weighted by Gasteiger charge is -2.08. The molecule has 0 amide bonds. The standard InChI is InChI=1S/C11H11N5O/c1-2-16-11(7-14-15-16)17-10-4-3-8(6-12)5-9(10)13/h3-5,7H,2,13H2,1H3. The fourth-order valence-electron chi connectivity index (χ4n) is 1.37. The van der Waals surface area contributed by atoms with Crippen molar-refractivity contribution in [2.75, 3.05) is 5.73 Å². The van der Waals surface area contributed by atoms with Gasteiger partial charge in [-0.05, 0) is 25.1 Å². The number of aryl methyl sites for hydroxylation is 1. The highest BCUT2D eigenvalue weighted by molar-refractivity contribution is 5.57. The van der Waals surface area contributed by atoms with Gasteiger partial charge in [0.25, 0.3) is 0 Å². The van der Waals surface area contributed by atoms with Crippen LogP contribution in [-0.4, -0.2) is 15.0 Å². The normalized spacial score (nSPS) is 9.88. The summed E-state index contributed by atoms with van der Waals surface area (Å²) in [6, 6.07) is 6.87. The van der Waals surface area contributed by atoms with Crippen LogP contribution in [0.25, 0.3) is 0 Å². The molecular formula is C11H11N5O. The first-order chi connectivity index (χ1) is 8.24. The van der Waals surface area contributed by atoms with Crippen molar-refractivity contribution in [2.24, 2.45) is 0 Å². The molecule has 0 saturated heterocycles. The first-order valence-corrected chi connectivity index (χ1v) is 5.10. The Balaban J connectivity index is 2.28. The molecule has 86 valence electrons. The van der Waals surface area contributed by atoms with E-state index >= 15 is 0 Å². The predicted molar refractivity (Wildman–Crippen MR) is 61.3 cm³/mol. The van der Waals surface area contributed by atoms with Crippen LogP contribution in [0.15, 0.2) is 24.4 Å². The third-order valence-corrected chi connectivity index (χ3v) is 2.24. The van der Waals surface area contributed by atoms with Crippen molar-refractivity contribution in [3.05, 3.63) is 30.0 Å². The number of ether oxygens (including phenoxy) is 1. The van der Waals surface area contributed by atoms with Gasteiger partial charge in [-0.2, -0.15) is 5.26 Å². The lowest BCUT2D eigenvalue weighted by atomic mass is 10.2. The van der Waals surface area contributed by atoms with Gasteiger partial charge >= 0.3 is 0 Å². The number of nitrogen functional groups attached to an aromatic ring is 1. The van der Waals surface area contributed by atoms with Gasteiger partial charge in [-0.3, -0.25) is 0 Å². The third-order valence-electron chi connectivity index (χ3n) is 2.24. The Morgan fingerprint density at radius 2 is 2.35 bits per heavy atom. The Labute approximate surface area is 98.2 Å².